The summed E-state index contributed by atoms with van der Waals surface area (Å²) in [6.45, 7) is 0. The zero-order valence-electron chi connectivity index (χ0n) is 8.28. The van der Waals surface area contributed by atoms with Crippen molar-refractivity contribution in [3.8, 4) is 0 Å². The second-order valence-corrected chi connectivity index (χ2v) is 4.55. The molecule has 2 aromatic rings. The number of ketones is 1. The lowest BCUT2D eigenvalue weighted by molar-refractivity contribution is 0.103. The van der Waals surface area contributed by atoms with Crippen molar-refractivity contribution in [2.24, 2.45) is 0 Å². The van der Waals surface area contributed by atoms with Gasteiger partial charge >= 0.3 is 0 Å². The number of carbonyl (C=O) groups is 1. The molecule has 0 fully saturated rings. The monoisotopic (exact) mass is 294 g/mol. The molecule has 0 N–H and O–H groups in total. The third-order valence-corrected chi connectivity index (χ3v) is 3.26. The van der Waals surface area contributed by atoms with Gasteiger partial charge in [0.05, 0.1) is 5.02 Å². The van der Waals surface area contributed by atoms with E-state index in [9.17, 15) is 4.79 Å². The zero-order chi connectivity index (χ0) is 11.5. The molecule has 0 spiro atoms. The van der Waals surface area contributed by atoms with Crippen LogP contribution in [0.15, 0.2) is 53.0 Å². The van der Waals surface area contributed by atoms with Crippen LogP contribution >= 0.6 is 27.5 Å². The van der Waals surface area contributed by atoms with Gasteiger partial charge in [-0.15, -0.1) is 0 Å². The molecule has 3 heteroatoms. The predicted molar refractivity (Wildman–Crippen MR) is 69.0 cm³/mol. The van der Waals surface area contributed by atoms with Gasteiger partial charge in [-0.3, -0.25) is 4.79 Å². The number of benzene rings is 2. The fraction of sp³-hybridized carbons (Fsp3) is 0. The van der Waals surface area contributed by atoms with Gasteiger partial charge in [0.1, 0.15) is 0 Å². The first-order chi connectivity index (χ1) is 7.70. The van der Waals surface area contributed by atoms with Crippen molar-refractivity contribution in [3.05, 3.63) is 69.2 Å². The molecule has 0 aliphatic rings. The van der Waals surface area contributed by atoms with Crippen LogP contribution in [0.3, 0.4) is 0 Å². The molecule has 80 valence electrons. The maximum atomic E-state index is 12.2. The van der Waals surface area contributed by atoms with Gasteiger partial charge in [0, 0.05) is 15.6 Å². The highest BCUT2D eigenvalue weighted by Gasteiger charge is 2.14. The van der Waals surface area contributed by atoms with Crippen LogP contribution < -0.4 is 0 Å². The standard InChI is InChI=1S/C13H8BrClO/c14-11-7-3-1-5-9(11)13(16)10-6-2-4-8-12(10)15/h1-8H. The van der Waals surface area contributed by atoms with Crippen molar-refractivity contribution in [3.63, 3.8) is 0 Å². The van der Waals surface area contributed by atoms with Crippen molar-refractivity contribution < 1.29 is 4.79 Å². The molecule has 16 heavy (non-hydrogen) atoms. The first-order valence-corrected chi connectivity index (χ1v) is 5.91. The molecular formula is C13H8BrClO. The molecule has 0 unspecified atom stereocenters. The van der Waals surface area contributed by atoms with Crippen molar-refractivity contribution in [2.45, 2.75) is 0 Å². The van der Waals surface area contributed by atoms with Gasteiger partial charge in [-0.05, 0) is 24.3 Å². The quantitative estimate of drug-likeness (QED) is 0.754. The van der Waals surface area contributed by atoms with Gasteiger partial charge in [0.15, 0.2) is 5.78 Å². The Morgan fingerprint density at radius 3 is 2.12 bits per heavy atom. The molecule has 0 aliphatic carbocycles. The van der Waals surface area contributed by atoms with Crippen LogP contribution in [0.5, 0.6) is 0 Å². The topological polar surface area (TPSA) is 17.1 Å². The van der Waals surface area contributed by atoms with Gasteiger partial charge in [-0.25, -0.2) is 0 Å². The van der Waals surface area contributed by atoms with E-state index in [4.69, 9.17) is 11.6 Å². The third-order valence-electron chi connectivity index (χ3n) is 2.24. The average molecular weight is 296 g/mol. The molecule has 0 aromatic heterocycles. The van der Waals surface area contributed by atoms with Crippen LogP contribution in [0.25, 0.3) is 0 Å². The fourth-order valence-corrected chi connectivity index (χ4v) is 2.12. The van der Waals surface area contributed by atoms with Crippen LogP contribution in [0.4, 0.5) is 0 Å². The molecule has 0 aliphatic heterocycles. The lowest BCUT2D eigenvalue weighted by Gasteiger charge is -2.04. The average Bonchev–Trinajstić information content (AvgIpc) is 2.29. The Labute approximate surface area is 107 Å². The summed E-state index contributed by atoms with van der Waals surface area (Å²) in [5.74, 6) is -0.0712. The Morgan fingerprint density at radius 1 is 0.938 bits per heavy atom. The summed E-state index contributed by atoms with van der Waals surface area (Å²) in [5, 5.41) is 0.475. The van der Waals surface area contributed by atoms with Crippen LogP contribution in [0, 0.1) is 0 Å². The van der Waals surface area contributed by atoms with E-state index in [0.29, 0.717) is 16.1 Å². The van der Waals surface area contributed by atoms with Crippen LogP contribution in [0.1, 0.15) is 15.9 Å². The summed E-state index contributed by atoms with van der Waals surface area (Å²) in [6.07, 6.45) is 0. The van der Waals surface area contributed by atoms with E-state index in [0.717, 1.165) is 4.47 Å². The molecule has 0 saturated carbocycles. The van der Waals surface area contributed by atoms with Crippen LogP contribution in [0.2, 0.25) is 5.02 Å². The fourth-order valence-electron chi connectivity index (χ4n) is 1.44. The molecule has 0 heterocycles. The summed E-state index contributed by atoms with van der Waals surface area (Å²) >= 11 is 9.34. The van der Waals surface area contributed by atoms with Gasteiger partial charge in [0.2, 0.25) is 0 Å². The van der Waals surface area contributed by atoms with Gasteiger partial charge in [-0.1, -0.05) is 51.8 Å². The van der Waals surface area contributed by atoms with Crippen molar-refractivity contribution in [1.82, 2.24) is 0 Å². The Bertz CT molecular complexity index is 489. The molecule has 2 rings (SSSR count). The third kappa shape index (κ3) is 2.18. The minimum Gasteiger partial charge on any atom is -0.289 e. The molecule has 0 bridgehead atoms. The summed E-state index contributed by atoms with van der Waals surface area (Å²) < 4.78 is 0.778. The van der Waals surface area contributed by atoms with Crippen molar-refractivity contribution in [2.75, 3.05) is 0 Å². The van der Waals surface area contributed by atoms with Crippen molar-refractivity contribution in [1.29, 1.82) is 0 Å². The van der Waals surface area contributed by atoms with E-state index in [-0.39, 0.29) is 5.78 Å². The Balaban J connectivity index is 2.48. The van der Waals surface area contributed by atoms with Crippen LogP contribution in [-0.4, -0.2) is 5.78 Å². The Morgan fingerprint density at radius 2 is 1.50 bits per heavy atom. The molecule has 0 saturated heterocycles. The molecule has 1 nitrogen and oxygen atoms in total. The number of rotatable bonds is 2. The van der Waals surface area contributed by atoms with E-state index >= 15 is 0 Å². The van der Waals surface area contributed by atoms with E-state index in [1.54, 1.807) is 30.3 Å². The second kappa shape index (κ2) is 4.81. The highest BCUT2D eigenvalue weighted by molar-refractivity contribution is 9.10. The SMILES string of the molecule is O=C(c1ccccc1Cl)c1ccccc1Br. The maximum Gasteiger partial charge on any atom is 0.195 e. The number of hydrogen-bond acceptors (Lipinski definition) is 1. The molecule has 0 atom stereocenters. The van der Waals surface area contributed by atoms with Crippen LogP contribution in [-0.2, 0) is 0 Å². The number of hydrogen-bond donors (Lipinski definition) is 0. The summed E-state index contributed by atoms with van der Waals surface area (Å²) in [5.41, 5.74) is 1.15. The van der Waals surface area contributed by atoms with Gasteiger partial charge in [-0.2, -0.15) is 0 Å². The smallest absolute Gasteiger partial charge is 0.195 e. The summed E-state index contributed by atoms with van der Waals surface area (Å²) in [7, 11) is 0. The molecule has 2 aromatic carbocycles. The Kier molecular flexibility index (Phi) is 3.42. The lowest BCUT2D eigenvalue weighted by Crippen LogP contribution is -2.02. The van der Waals surface area contributed by atoms with E-state index in [1.807, 2.05) is 18.2 Å². The summed E-state index contributed by atoms with van der Waals surface area (Å²) in [6, 6.07) is 14.4. The maximum absolute atomic E-state index is 12.2. The van der Waals surface area contributed by atoms with E-state index < -0.39 is 0 Å². The minimum atomic E-state index is -0.0712. The second-order valence-electron chi connectivity index (χ2n) is 3.29. The lowest BCUT2D eigenvalue weighted by atomic mass is 10.0. The highest BCUT2D eigenvalue weighted by Crippen LogP contribution is 2.23. The first kappa shape index (κ1) is 11.4. The number of halogens is 2. The predicted octanol–water partition coefficient (Wildman–Crippen LogP) is 4.33. The van der Waals surface area contributed by atoms with Gasteiger partial charge < -0.3 is 0 Å². The van der Waals surface area contributed by atoms with Gasteiger partial charge in [0.25, 0.3) is 0 Å². The molecule has 0 amide bonds. The largest absolute Gasteiger partial charge is 0.289 e. The minimum absolute atomic E-state index is 0.0712. The molecule has 0 radical (unpaired) electrons. The summed E-state index contributed by atoms with van der Waals surface area (Å²) in [4.78, 5) is 12.2. The molecular weight excluding hydrogens is 287 g/mol. The van der Waals surface area contributed by atoms with Crippen molar-refractivity contribution >= 4 is 33.3 Å². The first-order valence-electron chi connectivity index (χ1n) is 4.74. The normalized spacial score (nSPS) is 10.1. The Hall–Kier alpha value is -1.12. The zero-order valence-corrected chi connectivity index (χ0v) is 10.6. The highest BCUT2D eigenvalue weighted by atomic mass is 79.9. The van der Waals surface area contributed by atoms with E-state index in [2.05, 4.69) is 15.9 Å². The number of carbonyl (C=O) groups excluding carboxylic acids is 1. The van der Waals surface area contributed by atoms with E-state index in [1.165, 1.54) is 0 Å².